The second-order valence-corrected chi connectivity index (χ2v) is 5.84. The molecule has 0 spiro atoms. The molecule has 0 aliphatic heterocycles. The van der Waals surface area contributed by atoms with E-state index < -0.39 is 5.91 Å². The van der Waals surface area contributed by atoms with Crippen LogP contribution in [0, 0.1) is 6.92 Å². The summed E-state index contributed by atoms with van der Waals surface area (Å²) in [5, 5.41) is 11.3. The van der Waals surface area contributed by atoms with Crippen molar-refractivity contribution in [3.05, 3.63) is 66.1 Å². The number of carbonyl (C=O) groups is 1. The number of rotatable bonds is 2. The molecule has 122 valence electrons. The lowest BCUT2D eigenvalue weighted by atomic mass is 9.95. The van der Waals surface area contributed by atoms with Gasteiger partial charge in [0, 0.05) is 28.7 Å². The molecule has 4 aromatic rings. The maximum Gasteiger partial charge on any atom is 0.285 e. The summed E-state index contributed by atoms with van der Waals surface area (Å²) in [5.74, 6) is 4.71. The normalized spacial score (nSPS) is 11.0. The van der Waals surface area contributed by atoms with Crippen molar-refractivity contribution >= 4 is 27.6 Å². The van der Waals surface area contributed by atoms with Gasteiger partial charge >= 0.3 is 0 Å². The topological polar surface area (TPSA) is 93.8 Å². The first-order valence-corrected chi connectivity index (χ1v) is 7.79. The number of amides is 1. The van der Waals surface area contributed by atoms with Crippen molar-refractivity contribution < 1.29 is 4.79 Å². The molecule has 6 nitrogen and oxygen atoms in total. The van der Waals surface area contributed by atoms with E-state index in [-0.39, 0.29) is 5.69 Å². The predicted octanol–water partition coefficient (Wildman–Crippen LogP) is 2.76. The third kappa shape index (κ3) is 2.58. The molecule has 0 bridgehead atoms. The van der Waals surface area contributed by atoms with E-state index in [1.54, 1.807) is 12.3 Å². The standard InChI is InChI=1S/C19H15N5O/c1-11-2-3-14-9-16(19(25)22-20)23-24-18(14)17(11)13-5-4-12-6-7-21-10-15(12)8-13/h2-10H,20H2,1H3,(H,22,25). The lowest BCUT2D eigenvalue weighted by molar-refractivity contribution is 0.0948. The SMILES string of the molecule is Cc1ccc2cc(C(=O)NN)nnc2c1-c1ccc2ccncc2c1. The minimum absolute atomic E-state index is 0.188. The van der Waals surface area contributed by atoms with Crippen LogP contribution in [-0.2, 0) is 0 Å². The molecule has 0 fully saturated rings. The number of nitrogens with one attached hydrogen (secondary N) is 1. The Kier molecular flexibility index (Phi) is 3.59. The van der Waals surface area contributed by atoms with Gasteiger partial charge in [-0.05, 0) is 41.6 Å². The number of nitrogens with two attached hydrogens (primary N) is 1. The van der Waals surface area contributed by atoms with Crippen LogP contribution in [0.1, 0.15) is 16.1 Å². The largest absolute Gasteiger partial charge is 0.289 e. The lowest BCUT2D eigenvalue weighted by Crippen LogP contribution is -2.30. The lowest BCUT2D eigenvalue weighted by Gasteiger charge is -2.11. The zero-order valence-electron chi connectivity index (χ0n) is 13.5. The zero-order chi connectivity index (χ0) is 17.4. The molecule has 0 aliphatic carbocycles. The second-order valence-electron chi connectivity index (χ2n) is 5.84. The van der Waals surface area contributed by atoms with E-state index in [1.165, 1.54) is 0 Å². The van der Waals surface area contributed by atoms with Crippen molar-refractivity contribution in [2.45, 2.75) is 6.92 Å². The molecule has 0 radical (unpaired) electrons. The van der Waals surface area contributed by atoms with Crippen molar-refractivity contribution in [2.24, 2.45) is 5.84 Å². The summed E-state index contributed by atoms with van der Waals surface area (Å²) < 4.78 is 0. The minimum Gasteiger partial charge on any atom is -0.289 e. The van der Waals surface area contributed by atoms with E-state index in [0.717, 1.165) is 38.4 Å². The average molecular weight is 329 g/mol. The van der Waals surface area contributed by atoms with E-state index in [2.05, 4.69) is 38.8 Å². The Morgan fingerprint density at radius 1 is 1.00 bits per heavy atom. The zero-order valence-corrected chi connectivity index (χ0v) is 13.5. The van der Waals surface area contributed by atoms with Crippen molar-refractivity contribution in [1.82, 2.24) is 20.6 Å². The van der Waals surface area contributed by atoms with E-state index in [0.29, 0.717) is 0 Å². The van der Waals surface area contributed by atoms with Gasteiger partial charge in [-0.1, -0.05) is 24.3 Å². The van der Waals surface area contributed by atoms with Crippen LogP contribution >= 0.6 is 0 Å². The Morgan fingerprint density at radius 2 is 1.84 bits per heavy atom. The summed E-state index contributed by atoms with van der Waals surface area (Å²) in [6, 6.07) is 13.8. The van der Waals surface area contributed by atoms with Crippen molar-refractivity contribution in [1.29, 1.82) is 0 Å². The van der Waals surface area contributed by atoms with Gasteiger partial charge in [-0.15, -0.1) is 10.2 Å². The van der Waals surface area contributed by atoms with Crippen LogP contribution in [-0.4, -0.2) is 21.1 Å². The molecule has 0 saturated heterocycles. The van der Waals surface area contributed by atoms with Crippen LogP contribution in [0.25, 0.3) is 32.8 Å². The van der Waals surface area contributed by atoms with E-state index >= 15 is 0 Å². The highest BCUT2D eigenvalue weighted by Crippen LogP contribution is 2.32. The number of benzene rings is 2. The number of hydrazine groups is 1. The van der Waals surface area contributed by atoms with Gasteiger partial charge < -0.3 is 0 Å². The maximum absolute atomic E-state index is 11.7. The van der Waals surface area contributed by atoms with Crippen molar-refractivity contribution in [3.8, 4) is 11.1 Å². The molecule has 4 rings (SSSR count). The fourth-order valence-corrected chi connectivity index (χ4v) is 3.00. The summed E-state index contributed by atoms with van der Waals surface area (Å²) in [6.07, 6.45) is 3.62. The minimum atomic E-state index is -0.465. The van der Waals surface area contributed by atoms with E-state index in [4.69, 9.17) is 5.84 Å². The Morgan fingerprint density at radius 3 is 2.68 bits per heavy atom. The summed E-state index contributed by atoms with van der Waals surface area (Å²) in [6.45, 7) is 2.03. The van der Waals surface area contributed by atoms with Gasteiger partial charge in [0.05, 0.1) is 0 Å². The monoisotopic (exact) mass is 329 g/mol. The van der Waals surface area contributed by atoms with Gasteiger partial charge in [0.25, 0.3) is 5.91 Å². The third-order valence-corrected chi connectivity index (χ3v) is 4.26. The highest BCUT2D eigenvalue weighted by molar-refractivity contribution is 6.00. The Bertz CT molecular complexity index is 1120. The fraction of sp³-hybridized carbons (Fsp3) is 0.0526. The molecule has 2 heterocycles. The Balaban J connectivity index is 1.95. The van der Waals surface area contributed by atoms with Gasteiger partial charge in [0.1, 0.15) is 5.52 Å². The maximum atomic E-state index is 11.7. The molecule has 6 heteroatoms. The van der Waals surface area contributed by atoms with Crippen LogP contribution in [0.4, 0.5) is 0 Å². The summed E-state index contributed by atoms with van der Waals surface area (Å²) in [5.41, 5.74) is 6.13. The summed E-state index contributed by atoms with van der Waals surface area (Å²) in [7, 11) is 0. The predicted molar refractivity (Wildman–Crippen MR) is 96.7 cm³/mol. The third-order valence-electron chi connectivity index (χ3n) is 4.26. The molecular formula is C19H15N5O. The Hall–Kier alpha value is -3.38. The highest BCUT2D eigenvalue weighted by Gasteiger charge is 2.13. The number of aromatic nitrogens is 3. The summed E-state index contributed by atoms with van der Waals surface area (Å²) in [4.78, 5) is 15.9. The quantitative estimate of drug-likeness (QED) is 0.335. The van der Waals surface area contributed by atoms with Crippen LogP contribution in [0.2, 0.25) is 0 Å². The first kappa shape index (κ1) is 15.2. The molecule has 0 atom stereocenters. The highest BCUT2D eigenvalue weighted by atomic mass is 16.2. The van der Waals surface area contributed by atoms with Gasteiger partial charge in [-0.2, -0.15) is 0 Å². The molecule has 1 amide bonds. The number of carbonyl (C=O) groups excluding carboxylic acids is 1. The summed E-state index contributed by atoms with van der Waals surface area (Å²) >= 11 is 0. The smallest absolute Gasteiger partial charge is 0.285 e. The number of nitrogens with zero attached hydrogens (tertiary/aromatic N) is 3. The van der Waals surface area contributed by atoms with Crippen LogP contribution in [0.15, 0.2) is 54.9 Å². The molecule has 0 unspecified atom stereocenters. The molecule has 2 aromatic heterocycles. The number of hydrogen-bond acceptors (Lipinski definition) is 5. The molecular weight excluding hydrogens is 314 g/mol. The van der Waals surface area contributed by atoms with E-state index in [9.17, 15) is 4.79 Å². The molecule has 2 aromatic carbocycles. The fourth-order valence-electron chi connectivity index (χ4n) is 3.00. The van der Waals surface area contributed by atoms with Gasteiger partial charge in [0.2, 0.25) is 0 Å². The number of fused-ring (bicyclic) bond motifs is 2. The van der Waals surface area contributed by atoms with Gasteiger partial charge in [0.15, 0.2) is 5.69 Å². The number of nitrogen functional groups attached to an aromatic ring is 1. The van der Waals surface area contributed by atoms with Crippen molar-refractivity contribution in [2.75, 3.05) is 0 Å². The Labute approximate surface area is 143 Å². The van der Waals surface area contributed by atoms with E-state index in [1.807, 2.05) is 31.3 Å². The second kappa shape index (κ2) is 5.92. The number of pyridine rings is 1. The molecule has 0 aliphatic rings. The number of hydrogen-bond donors (Lipinski definition) is 2. The van der Waals surface area contributed by atoms with Crippen LogP contribution in [0.3, 0.4) is 0 Å². The molecule has 25 heavy (non-hydrogen) atoms. The van der Waals surface area contributed by atoms with Crippen molar-refractivity contribution in [3.63, 3.8) is 0 Å². The van der Waals surface area contributed by atoms with Crippen LogP contribution < -0.4 is 11.3 Å². The average Bonchev–Trinajstić information content (AvgIpc) is 2.66. The van der Waals surface area contributed by atoms with Gasteiger partial charge in [-0.25, -0.2) is 5.84 Å². The van der Waals surface area contributed by atoms with Crippen LogP contribution in [0.5, 0.6) is 0 Å². The van der Waals surface area contributed by atoms with Gasteiger partial charge in [-0.3, -0.25) is 15.2 Å². The first-order valence-electron chi connectivity index (χ1n) is 7.79. The number of aryl methyl sites for hydroxylation is 1. The molecule has 0 saturated carbocycles. The molecule has 3 N–H and O–H groups in total. The first-order chi connectivity index (χ1) is 12.2.